The fraction of sp³-hybridized carbons (Fsp3) is 0.333. The van der Waals surface area contributed by atoms with Crippen molar-refractivity contribution in [2.45, 2.75) is 31.7 Å². The summed E-state index contributed by atoms with van der Waals surface area (Å²) in [5.74, 6) is -0.544. The van der Waals surface area contributed by atoms with Gasteiger partial charge in [-0.25, -0.2) is 4.79 Å². The van der Waals surface area contributed by atoms with E-state index in [1.54, 1.807) is 29.5 Å². The summed E-state index contributed by atoms with van der Waals surface area (Å²) in [4.78, 5) is 24.4. The van der Waals surface area contributed by atoms with E-state index in [1.807, 2.05) is 6.07 Å². The third-order valence-corrected chi connectivity index (χ3v) is 5.09. The average molecular weight is 345 g/mol. The van der Waals surface area contributed by atoms with Crippen molar-refractivity contribution in [1.29, 1.82) is 0 Å². The number of carboxylic acid groups (broad SMARTS) is 1. The molecular weight excluding hydrogens is 326 g/mol. The van der Waals surface area contributed by atoms with Crippen LogP contribution in [0.1, 0.15) is 34.8 Å². The molecule has 1 atom stereocenters. The standard InChI is InChI=1S/C18H19NO4S/c20-17(21)11-23-13-4-1-3-12(9-13)10-19-18(22)15-5-2-6-16-14(15)7-8-24-16/h1,3-4,7-9,15H,2,5-6,10-11H2,(H,19,22)(H,20,21). The second-order valence-electron chi connectivity index (χ2n) is 5.79. The fourth-order valence-corrected chi connectivity index (χ4v) is 3.95. The summed E-state index contributed by atoms with van der Waals surface area (Å²) in [7, 11) is 0. The first-order valence-corrected chi connectivity index (χ1v) is 8.79. The molecule has 0 saturated heterocycles. The van der Waals surface area contributed by atoms with Gasteiger partial charge in [-0.15, -0.1) is 11.3 Å². The molecule has 1 amide bonds. The van der Waals surface area contributed by atoms with Gasteiger partial charge in [0.15, 0.2) is 6.61 Å². The summed E-state index contributed by atoms with van der Waals surface area (Å²) >= 11 is 1.73. The molecule has 1 aromatic heterocycles. The number of amides is 1. The van der Waals surface area contributed by atoms with Crippen LogP contribution in [-0.2, 0) is 22.6 Å². The highest BCUT2D eigenvalue weighted by Gasteiger charge is 2.26. The first-order chi connectivity index (χ1) is 11.6. The van der Waals surface area contributed by atoms with Gasteiger partial charge < -0.3 is 15.2 Å². The van der Waals surface area contributed by atoms with Gasteiger partial charge in [0, 0.05) is 11.4 Å². The number of aryl methyl sites for hydroxylation is 1. The molecule has 0 fully saturated rings. The van der Waals surface area contributed by atoms with Crippen molar-refractivity contribution in [1.82, 2.24) is 5.32 Å². The summed E-state index contributed by atoms with van der Waals surface area (Å²) in [5.41, 5.74) is 2.05. The van der Waals surface area contributed by atoms with E-state index >= 15 is 0 Å². The molecule has 5 nitrogen and oxygen atoms in total. The van der Waals surface area contributed by atoms with Gasteiger partial charge in [-0.1, -0.05) is 12.1 Å². The van der Waals surface area contributed by atoms with Crippen LogP contribution in [0.3, 0.4) is 0 Å². The predicted molar refractivity (Wildman–Crippen MR) is 91.4 cm³/mol. The van der Waals surface area contributed by atoms with E-state index < -0.39 is 5.97 Å². The van der Waals surface area contributed by atoms with Crippen LogP contribution in [0.25, 0.3) is 0 Å². The number of carboxylic acids is 1. The Balaban J connectivity index is 1.59. The number of hydrogen-bond donors (Lipinski definition) is 2. The first kappa shape index (κ1) is 16.5. The van der Waals surface area contributed by atoms with Crippen molar-refractivity contribution in [3.63, 3.8) is 0 Å². The van der Waals surface area contributed by atoms with E-state index in [1.165, 1.54) is 10.4 Å². The molecule has 0 spiro atoms. The minimum Gasteiger partial charge on any atom is -0.482 e. The van der Waals surface area contributed by atoms with Gasteiger partial charge in [-0.2, -0.15) is 0 Å². The molecule has 1 heterocycles. The van der Waals surface area contributed by atoms with Crippen molar-refractivity contribution in [2.24, 2.45) is 0 Å². The molecule has 1 aromatic carbocycles. The Labute approximate surface area is 144 Å². The molecular formula is C18H19NO4S. The average Bonchev–Trinajstić information content (AvgIpc) is 3.07. The topological polar surface area (TPSA) is 75.6 Å². The van der Waals surface area contributed by atoms with Crippen molar-refractivity contribution in [3.8, 4) is 5.75 Å². The molecule has 24 heavy (non-hydrogen) atoms. The molecule has 2 aromatic rings. The zero-order valence-corrected chi connectivity index (χ0v) is 14.0. The lowest BCUT2D eigenvalue weighted by molar-refractivity contribution is -0.139. The van der Waals surface area contributed by atoms with Crippen LogP contribution < -0.4 is 10.1 Å². The van der Waals surface area contributed by atoms with Crippen LogP contribution in [0.5, 0.6) is 5.75 Å². The summed E-state index contributed by atoms with van der Waals surface area (Å²) in [6.45, 7) is 0.0257. The molecule has 0 aliphatic heterocycles. The Morgan fingerprint density at radius 2 is 2.21 bits per heavy atom. The van der Waals surface area contributed by atoms with Gasteiger partial charge in [-0.05, 0) is 54.0 Å². The van der Waals surface area contributed by atoms with Crippen molar-refractivity contribution in [2.75, 3.05) is 6.61 Å². The van der Waals surface area contributed by atoms with Gasteiger partial charge in [0.2, 0.25) is 5.91 Å². The highest BCUT2D eigenvalue weighted by atomic mass is 32.1. The lowest BCUT2D eigenvalue weighted by Gasteiger charge is -2.21. The quantitative estimate of drug-likeness (QED) is 0.844. The minimum absolute atomic E-state index is 0.0474. The maximum absolute atomic E-state index is 12.5. The Kier molecular flexibility index (Phi) is 5.15. The third-order valence-electron chi connectivity index (χ3n) is 4.10. The monoisotopic (exact) mass is 345 g/mol. The highest BCUT2D eigenvalue weighted by molar-refractivity contribution is 7.10. The van der Waals surface area contributed by atoms with Crippen molar-refractivity contribution >= 4 is 23.2 Å². The Hall–Kier alpha value is -2.34. The number of thiophene rings is 1. The molecule has 1 aliphatic rings. The molecule has 3 rings (SSSR count). The number of rotatable bonds is 6. The maximum Gasteiger partial charge on any atom is 0.341 e. The number of aliphatic carboxylic acids is 1. The SMILES string of the molecule is O=C(O)COc1cccc(CNC(=O)C2CCCc3sccc32)c1. The maximum atomic E-state index is 12.5. The Bertz CT molecular complexity index is 740. The second kappa shape index (κ2) is 7.49. The van der Waals surface area contributed by atoms with Crippen LogP contribution >= 0.6 is 11.3 Å². The molecule has 0 saturated carbocycles. The summed E-state index contributed by atoms with van der Waals surface area (Å²) < 4.78 is 5.16. The predicted octanol–water partition coefficient (Wildman–Crippen LogP) is 2.95. The van der Waals surface area contributed by atoms with Crippen molar-refractivity contribution in [3.05, 3.63) is 51.7 Å². The fourth-order valence-electron chi connectivity index (χ4n) is 2.96. The molecule has 0 bridgehead atoms. The molecule has 1 unspecified atom stereocenters. The zero-order chi connectivity index (χ0) is 16.9. The van der Waals surface area contributed by atoms with Crippen molar-refractivity contribution < 1.29 is 19.4 Å². The number of nitrogens with one attached hydrogen (secondary N) is 1. The van der Waals surface area contributed by atoms with Gasteiger partial charge in [0.05, 0.1) is 5.92 Å². The van der Waals surface area contributed by atoms with Gasteiger partial charge >= 0.3 is 5.97 Å². The van der Waals surface area contributed by atoms with E-state index in [9.17, 15) is 9.59 Å². The van der Waals surface area contributed by atoms with Crippen LogP contribution in [0.4, 0.5) is 0 Å². The number of carbonyl (C=O) groups excluding carboxylic acids is 1. The van der Waals surface area contributed by atoms with Gasteiger partial charge in [0.25, 0.3) is 0 Å². The summed E-state index contributed by atoms with van der Waals surface area (Å²) in [6.07, 6.45) is 3.00. The first-order valence-electron chi connectivity index (χ1n) is 7.91. The molecule has 2 N–H and O–H groups in total. The normalized spacial score (nSPS) is 16.2. The second-order valence-corrected chi connectivity index (χ2v) is 6.79. The number of carbonyl (C=O) groups is 2. The van der Waals surface area contributed by atoms with Crippen LogP contribution in [-0.4, -0.2) is 23.6 Å². The van der Waals surface area contributed by atoms with E-state index in [2.05, 4.69) is 16.8 Å². The van der Waals surface area contributed by atoms with E-state index in [-0.39, 0.29) is 18.4 Å². The third kappa shape index (κ3) is 3.94. The number of benzene rings is 1. The minimum atomic E-state index is -1.02. The number of ether oxygens (including phenoxy) is 1. The smallest absolute Gasteiger partial charge is 0.341 e. The summed E-state index contributed by atoms with van der Waals surface area (Å²) in [5, 5.41) is 13.7. The molecule has 126 valence electrons. The number of hydrogen-bond acceptors (Lipinski definition) is 4. The zero-order valence-electron chi connectivity index (χ0n) is 13.2. The lowest BCUT2D eigenvalue weighted by Crippen LogP contribution is -2.30. The molecule has 1 aliphatic carbocycles. The van der Waals surface area contributed by atoms with Crippen LogP contribution in [0.15, 0.2) is 35.7 Å². The van der Waals surface area contributed by atoms with Gasteiger partial charge in [-0.3, -0.25) is 4.79 Å². The Morgan fingerprint density at radius 3 is 3.04 bits per heavy atom. The lowest BCUT2D eigenvalue weighted by atomic mass is 9.87. The molecule has 0 radical (unpaired) electrons. The Morgan fingerprint density at radius 1 is 1.33 bits per heavy atom. The molecule has 6 heteroatoms. The van der Waals surface area contributed by atoms with E-state index in [0.717, 1.165) is 24.8 Å². The van der Waals surface area contributed by atoms with E-state index in [0.29, 0.717) is 12.3 Å². The van der Waals surface area contributed by atoms with Crippen LogP contribution in [0, 0.1) is 0 Å². The largest absolute Gasteiger partial charge is 0.482 e. The highest BCUT2D eigenvalue weighted by Crippen LogP contribution is 2.35. The number of fused-ring (bicyclic) bond motifs is 1. The van der Waals surface area contributed by atoms with Crippen LogP contribution in [0.2, 0.25) is 0 Å². The van der Waals surface area contributed by atoms with E-state index in [4.69, 9.17) is 9.84 Å². The van der Waals surface area contributed by atoms with Gasteiger partial charge in [0.1, 0.15) is 5.75 Å². The summed E-state index contributed by atoms with van der Waals surface area (Å²) in [6, 6.07) is 9.18.